The lowest BCUT2D eigenvalue weighted by Gasteiger charge is -2.24. The van der Waals surface area contributed by atoms with Crippen LogP contribution in [0.2, 0.25) is 15.1 Å². The summed E-state index contributed by atoms with van der Waals surface area (Å²) in [6.45, 7) is 4.35. The standard InChI is InChI=1S/C19H23Cl3N2O/c1-2-24(9-3-4-13-5-7-15(20)8-6-13)12-18(25)14-10-16(21)19(23)17(22)11-14/h5-8,10-11,18,25H,2-4,9,12,23H2,1H3. The van der Waals surface area contributed by atoms with Gasteiger partial charge in [0.15, 0.2) is 0 Å². The average Bonchev–Trinajstić information content (AvgIpc) is 2.59. The molecule has 0 saturated heterocycles. The van der Waals surface area contributed by atoms with Crippen LogP contribution in [-0.2, 0) is 6.42 Å². The van der Waals surface area contributed by atoms with Gasteiger partial charge in [0.1, 0.15) is 0 Å². The highest BCUT2D eigenvalue weighted by Crippen LogP contribution is 2.31. The Labute approximate surface area is 164 Å². The van der Waals surface area contributed by atoms with Gasteiger partial charge in [-0.25, -0.2) is 0 Å². The molecule has 2 aromatic rings. The molecule has 0 heterocycles. The number of nitrogens with zero attached hydrogens (tertiary/aromatic N) is 1. The van der Waals surface area contributed by atoms with Crippen molar-refractivity contribution in [3.63, 3.8) is 0 Å². The summed E-state index contributed by atoms with van der Waals surface area (Å²) in [7, 11) is 0. The first-order valence-corrected chi connectivity index (χ1v) is 9.43. The summed E-state index contributed by atoms with van der Waals surface area (Å²) >= 11 is 18.0. The van der Waals surface area contributed by atoms with Gasteiger partial charge in [0.2, 0.25) is 0 Å². The van der Waals surface area contributed by atoms with E-state index >= 15 is 0 Å². The molecule has 0 amide bonds. The summed E-state index contributed by atoms with van der Waals surface area (Å²) in [4.78, 5) is 2.21. The molecule has 0 radical (unpaired) electrons. The zero-order chi connectivity index (χ0) is 18.4. The molecule has 3 N–H and O–H groups in total. The fraction of sp³-hybridized carbons (Fsp3) is 0.368. The Hall–Kier alpha value is -0.970. The van der Waals surface area contributed by atoms with Gasteiger partial charge >= 0.3 is 0 Å². The van der Waals surface area contributed by atoms with Gasteiger partial charge in [-0.15, -0.1) is 0 Å². The molecule has 2 aromatic carbocycles. The lowest BCUT2D eigenvalue weighted by molar-refractivity contribution is 0.115. The number of benzene rings is 2. The second-order valence-corrected chi connectivity index (χ2v) is 7.29. The van der Waals surface area contributed by atoms with E-state index in [2.05, 4.69) is 11.8 Å². The molecule has 0 fully saturated rings. The maximum atomic E-state index is 10.5. The van der Waals surface area contributed by atoms with E-state index in [0.717, 1.165) is 31.0 Å². The van der Waals surface area contributed by atoms with E-state index < -0.39 is 6.10 Å². The third-order valence-electron chi connectivity index (χ3n) is 4.22. The van der Waals surface area contributed by atoms with Crippen LogP contribution < -0.4 is 5.73 Å². The molecular formula is C19H23Cl3N2O. The lowest BCUT2D eigenvalue weighted by atomic mass is 10.1. The Balaban J connectivity index is 1.89. The molecule has 1 atom stereocenters. The highest BCUT2D eigenvalue weighted by molar-refractivity contribution is 6.38. The third kappa shape index (κ3) is 6.05. The first-order chi connectivity index (χ1) is 11.9. The van der Waals surface area contributed by atoms with Crippen molar-refractivity contribution in [2.45, 2.75) is 25.9 Å². The number of halogens is 3. The summed E-state index contributed by atoms with van der Waals surface area (Å²) in [5, 5.41) is 12.0. The molecule has 3 nitrogen and oxygen atoms in total. The number of nitrogens with two attached hydrogens (primary N) is 1. The number of nitrogen functional groups attached to an aromatic ring is 1. The number of hydrogen-bond acceptors (Lipinski definition) is 3. The Bertz CT molecular complexity index is 669. The van der Waals surface area contributed by atoms with Crippen LogP contribution in [0.15, 0.2) is 36.4 Å². The van der Waals surface area contributed by atoms with Gasteiger partial charge in [-0.2, -0.15) is 0 Å². The molecule has 0 aliphatic rings. The van der Waals surface area contributed by atoms with Crippen LogP contribution in [0.3, 0.4) is 0 Å². The summed E-state index contributed by atoms with van der Waals surface area (Å²) in [6.07, 6.45) is 1.32. The van der Waals surface area contributed by atoms with E-state index in [9.17, 15) is 5.11 Å². The van der Waals surface area contributed by atoms with Crippen LogP contribution >= 0.6 is 34.8 Å². The maximum Gasteiger partial charge on any atom is 0.0917 e. The molecule has 0 spiro atoms. The van der Waals surface area contributed by atoms with Gasteiger partial charge in [0, 0.05) is 11.6 Å². The Morgan fingerprint density at radius 2 is 1.68 bits per heavy atom. The lowest BCUT2D eigenvalue weighted by Crippen LogP contribution is -2.30. The quantitative estimate of drug-likeness (QED) is 0.596. The highest BCUT2D eigenvalue weighted by atomic mass is 35.5. The van der Waals surface area contributed by atoms with E-state index in [1.165, 1.54) is 5.56 Å². The van der Waals surface area contributed by atoms with Crippen molar-refractivity contribution >= 4 is 40.5 Å². The number of aliphatic hydroxyl groups is 1. The molecule has 6 heteroatoms. The van der Waals surface area contributed by atoms with Crippen LogP contribution in [-0.4, -0.2) is 29.6 Å². The smallest absolute Gasteiger partial charge is 0.0917 e. The van der Waals surface area contributed by atoms with Crippen LogP contribution in [0, 0.1) is 0 Å². The predicted molar refractivity (Wildman–Crippen MR) is 108 cm³/mol. The fourth-order valence-corrected chi connectivity index (χ4v) is 3.31. The minimum absolute atomic E-state index is 0.342. The highest BCUT2D eigenvalue weighted by Gasteiger charge is 2.15. The van der Waals surface area contributed by atoms with Crippen molar-refractivity contribution in [3.8, 4) is 0 Å². The second kappa shape index (κ2) is 9.65. The van der Waals surface area contributed by atoms with Crippen molar-refractivity contribution in [2.75, 3.05) is 25.4 Å². The molecule has 0 aromatic heterocycles. The van der Waals surface area contributed by atoms with Gasteiger partial charge < -0.3 is 15.7 Å². The second-order valence-electron chi connectivity index (χ2n) is 6.04. The molecule has 25 heavy (non-hydrogen) atoms. The van der Waals surface area contributed by atoms with Crippen molar-refractivity contribution < 1.29 is 5.11 Å². The SMILES string of the molecule is CCN(CCCc1ccc(Cl)cc1)CC(O)c1cc(Cl)c(N)c(Cl)c1. The number of aryl methyl sites for hydroxylation is 1. The maximum absolute atomic E-state index is 10.5. The van der Waals surface area contributed by atoms with Crippen LogP contribution in [0.5, 0.6) is 0 Å². The Morgan fingerprint density at radius 1 is 1.08 bits per heavy atom. The average molecular weight is 402 g/mol. The van der Waals surface area contributed by atoms with Gasteiger partial charge in [0.25, 0.3) is 0 Å². The van der Waals surface area contributed by atoms with E-state index in [1.807, 2.05) is 24.3 Å². The molecule has 1 unspecified atom stereocenters. The molecular weight excluding hydrogens is 379 g/mol. The van der Waals surface area contributed by atoms with Gasteiger partial charge in [0.05, 0.1) is 21.8 Å². The van der Waals surface area contributed by atoms with E-state index in [1.54, 1.807) is 12.1 Å². The van der Waals surface area contributed by atoms with Crippen molar-refractivity contribution in [1.82, 2.24) is 4.90 Å². The predicted octanol–water partition coefficient (Wildman–Crippen LogP) is 5.22. The van der Waals surface area contributed by atoms with Gasteiger partial charge in [-0.1, -0.05) is 53.9 Å². The number of likely N-dealkylation sites (N-methyl/N-ethyl adjacent to an activating group) is 1. The largest absolute Gasteiger partial charge is 0.396 e. The topological polar surface area (TPSA) is 49.5 Å². The normalized spacial score (nSPS) is 12.6. The van der Waals surface area contributed by atoms with E-state index in [4.69, 9.17) is 40.5 Å². The number of aliphatic hydroxyl groups excluding tert-OH is 1. The summed E-state index contributed by atoms with van der Waals surface area (Å²) in [5.74, 6) is 0. The summed E-state index contributed by atoms with van der Waals surface area (Å²) in [6, 6.07) is 11.3. The summed E-state index contributed by atoms with van der Waals surface area (Å²) < 4.78 is 0. The van der Waals surface area contributed by atoms with Crippen molar-refractivity contribution in [1.29, 1.82) is 0 Å². The summed E-state index contributed by atoms with van der Waals surface area (Å²) in [5.41, 5.74) is 8.03. The molecule has 0 saturated carbocycles. The first kappa shape index (κ1) is 20.3. The fourth-order valence-electron chi connectivity index (χ4n) is 2.68. The van der Waals surface area contributed by atoms with E-state index in [-0.39, 0.29) is 0 Å². The molecule has 0 bridgehead atoms. The van der Waals surface area contributed by atoms with Crippen LogP contribution in [0.25, 0.3) is 0 Å². The van der Waals surface area contributed by atoms with Gasteiger partial charge in [-0.05, 0) is 61.3 Å². The number of hydrogen-bond donors (Lipinski definition) is 2. The van der Waals surface area contributed by atoms with E-state index in [0.29, 0.717) is 27.8 Å². The Kier molecular flexibility index (Phi) is 7.85. The minimum atomic E-state index is -0.661. The molecule has 0 aliphatic heterocycles. The van der Waals surface area contributed by atoms with Crippen molar-refractivity contribution in [2.24, 2.45) is 0 Å². The zero-order valence-electron chi connectivity index (χ0n) is 14.2. The van der Waals surface area contributed by atoms with Gasteiger partial charge in [-0.3, -0.25) is 0 Å². The first-order valence-electron chi connectivity index (χ1n) is 8.30. The Morgan fingerprint density at radius 3 is 2.24 bits per heavy atom. The molecule has 2 rings (SSSR count). The minimum Gasteiger partial charge on any atom is -0.396 e. The third-order valence-corrected chi connectivity index (χ3v) is 5.09. The number of rotatable bonds is 8. The molecule has 0 aliphatic carbocycles. The zero-order valence-corrected chi connectivity index (χ0v) is 16.5. The van der Waals surface area contributed by atoms with Crippen LogP contribution in [0.4, 0.5) is 5.69 Å². The number of anilines is 1. The molecule has 136 valence electrons. The van der Waals surface area contributed by atoms with Crippen LogP contribution in [0.1, 0.15) is 30.6 Å². The van der Waals surface area contributed by atoms with Crippen molar-refractivity contribution in [3.05, 3.63) is 62.6 Å². The monoisotopic (exact) mass is 400 g/mol.